The number of aromatic nitrogens is 3. The molecule has 1 aromatic rings. The molecule has 1 N–H and O–H groups in total. The SMILES string of the molecule is [CH2-][C@@H](O)Cn1c(=O)n(C[C@H]2CO2)c(=O)n(C[C@@H]2CO2)c1=O. The lowest BCUT2D eigenvalue weighted by Crippen LogP contribution is -2.56. The van der Waals surface area contributed by atoms with Gasteiger partial charge in [-0.3, -0.25) is 0 Å². The second-order valence-electron chi connectivity index (χ2n) is 5.24. The molecule has 0 aliphatic carbocycles. The van der Waals surface area contributed by atoms with Crippen LogP contribution in [0.15, 0.2) is 14.4 Å². The fourth-order valence-electron chi connectivity index (χ4n) is 2.12. The van der Waals surface area contributed by atoms with Gasteiger partial charge in [0.15, 0.2) is 0 Å². The summed E-state index contributed by atoms with van der Waals surface area (Å²) in [6, 6.07) is 0. The molecule has 1 aromatic heterocycles. The molecule has 0 bridgehead atoms. The molecule has 116 valence electrons. The topological polar surface area (TPSA) is 111 Å². The summed E-state index contributed by atoms with van der Waals surface area (Å²) >= 11 is 0. The van der Waals surface area contributed by atoms with E-state index in [4.69, 9.17) is 9.47 Å². The van der Waals surface area contributed by atoms with E-state index in [1.54, 1.807) is 0 Å². The maximum absolute atomic E-state index is 12.3. The summed E-state index contributed by atoms with van der Waals surface area (Å²) in [6.45, 7) is 4.24. The van der Waals surface area contributed by atoms with E-state index in [1.165, 1.54) is 0 Å². The Bertz CT molecular complexity index is 591. The first-order valence-electron chi connectivity index (χ1n) is 6.66. The van der Waals surface area contributed by atoms with Crippen molar-refractivity contribution < 1.29 is 14.6 Å². The van der Waals surface area contributed by atoms with Gasteiger partial charge in [-0.25, -0.2) is 28.1 Å². The first kappa shape index (κ1) is 14.2. The third kappa shape index (κ3) is 2.99. The Balaban J connectivity index is 2.10. The molecule has 0 saturated carbocycles. The molecule has 21 heavy (non-hydrogen) atoms. The van der Waals surface area contributed by atoms with Crippen molar-refractivity contribution in [3.63, 3.8) is 0 Å². The number of nitrogens with zero attached hydrogens (tertiary/aromatic N) is 3. The first-order valence-corrected chi connectivity index (χ1v) is 6.66. The minimum Gasteiger partial charge on any atom is -0.423 e. The van der Waals surface area contributed by atoms with Gasteiger partial charge in [0.05, 0.1) is 38.5 Å². The Hall–Kier alpha value is -1.71. The summed E-state index contributed by atoms with van der Waals surface area (Å²) in [6.07, 6.45) is -1.49. The normalized spacial score (nSPS) is 24.9. The maximum atomic E-state index is 12.3. The van der Waals surface area contributed by atoms with E-state index >= 15 is 0 Å². The average molecular weight is 298 g/mol. The number of epoxide rings is 2. The standard InChI is InChI=1S/C12H16N3O6/c1-7(16)2-13-10(17)14(3-8-5-20-8)12(19)15(11(13)18)4-9-6-21-9/h7-9,16H,1-6H2/q-1/t7-,8-,9+/m1/s1. The van der Waals surface area contributed by atoms with Crippen LogP contribution in [0.1, 0.15) is 0 Å². The third-order valence-corrected chi connectivity index (χ3v) is 3.36. The Morgan fingerprint density at radius 2 is 1.38 bits per heavy atom. The van der Waals surface area contributed by atoms with Crippen molar-refractivity contribution in [3.8, 4) is 0 Å². The van der Waals surface area contributed by atoms with Crippen molar-refractivity contribution in [2.45, 2.75) is 37.9 Å². The molecule has 9 nitrogen and oxygen atoms in total. The highest BCUT2D eigenvalue weighted by Gasteiger charge is 2.29. The molecule has 3 heterocycles. The predicted octanol–water partition coefficient (Wildman–Crippen LogP) is -2.84. The quantitative estimate of drug-likeness (QED) is 0.447. The van der Waals surface area contributed by atoms with E-state index in [-0.39, 0.29) is 31.8 Å². The van der Waals surface area contributed by atoms with Crippen molar-refractivity contribution in [2.75, 3.05) is 13.2 Å². The Labute approximate surface area is 118 Å². The summed E-state index contributed by atoms with van der Waals surface area (Å²) in [4.78, 5) is 36.8. The van der Waals surface area contributed by atoms with E-state index in [1.807, 2.05) is 0 Å². The Morgan fingerprint density at radius 1 is 1.00 bits per heavy atom. The highest BCUT2D eigenvalue weighted by Crippen LogP contribution is 2.10. The molecule has 0 radical (unpaired) electrons. The van der Waals surface area contributed by atoms with Crippen LogP contribution in [0.3, 0.4) is 0 Å². The second-order valence-corrected chi connectivity index (χ2v) is 5.24. The summed E-state index contributed by atoms with van der Waals surface area (Å²) in [5, 5.41) is 9.34. The molecular formula is C12H16N3O6-. The van der Waals surface area contributed by atoms with Gasteiger partial charge in [0.2, 0.25) is 0 Å². The lowest BCUT2D eigenvalue weighted by molar-refractivity contribution is 0.190. The van der Waals surface area contributed by atoms with Crippen LogP contribution < -0.4 is 17.1 Å². The molecule has 2 aliphatic rings. The van der Waals surface area contributed by atoms with Gasteiger partial charge in [0.25, 0.3) is 0 Å². The van der Waals surface area contributed by atoms with E-state index in [0.717, 1.165) is 13.7 Å². The minimum atomic E-state index is -1.12. The fraction of sp³-hybridized carbons (Fsp3) is 0.667. The second kappa shape index (κ2) is 5.24. The summed E-state index contributed by atoms with van der Waals surface area (Å²) < 4.78 is 12.8. The van der Waals surface area contributed by atoms with Crippen molar-refractivity contribution in [3.05, 3.63) is 38.4 Å². The molecule has 9 heteroatoms. The molecule has 2 fully saturated rings. The first-order chi connectivity index (χ1) is 9.97. The van der Waals surface area contributed by atoms with Gasteiger partial charge in [-0.05, 0) is 0 Å². The van der Waals surface area contributed by atoms with Gasteiger partial charge in [0, 0.05) is 6.54 Å². The molecule has 3 rings (SSSR count). The van der Waals surface area contributed by atoms with Crippen LogP contribution >= 0.6 is 0 Å². The van der Waals surface area contributed by atoms with Gasteiger partial charge in [-0.1, -0.05) is 6.10 Å². The highest BCUT2D eigenvalue weighted by atomic mass is 16.6. The molecule has 0 aromatic carbocycles. The molecule has 0 unspecified atom stereocenters. The van der Waals surface area contributed by atoms with Crippen molar-refractivity contribution in [1.29, 1.82) is 0 Å². The third-order valence-electron chi connectivity index (χ3n) is 3.36. The van der Waals surface area contributed by atoms with Crippen LogP contribution in [0.5, 0.6) is 0 Å². The van der Waals surface area contributed by atoms with Gasteiger partial charge >= 0.3 is 17.1 Å². The zero-order chi connectivity index (χ0) is 15.1. The molecule has 2 aliphatic heterocycles. The molecular weight excluding hydrogens is 282 g/mol. The van der Waals surface area contributed by atoms with Crippen LogP contribution in [-0.4, -0.2) is 50.3 Å². The lowest BCUT2D eigenvalue weighted by Gasteiger charge is -2.16. The highest BCUT2D eigenvalue weighted by molar-refractivity contribution is 4.85. The summed E-state index contributed by atoms with van der Waals surface area (Å²) in [5.74, 6) is 0. The van der Waals surface area contributed by atoms with Crippen LogP contribution in [0.2, 0.25) is 0 Å². The molecule has 0 spiro atoms. The van der Waals surface area contributed by atoms with Gasteiger partial charge in [-0.15, -0.1) is 0 Å². The smallest absolute Gasteiger partial charge is 0.336 e. The summed E-state index contributed by atoms with van der Waals surface area (Å²) in [7, 11) is 0. The number of hydrogen-bond donors (Lipinski definition) is 1. The monoisotopic (exact) mass is 298 g/mol. The van der Waals surface area contributed by atoms with E-state index in [2.05, 4.69) is 6.92 Å². The molecule has 0 amide bonds. The van der Waals surface area contributed by atoms with Gasteiger partial charge in [0.1, 0.15) is 0 Å². The zero-order valence-corrected chi connectivity index (χ0v) is 11.3. The van der Waals surface area contributed by atoms with Crippen LogP contribution in [-0.2, 0) is 29.1 Å². The van der Waals surface area contributed by atoms with E-state index in [9.17, 15) is 19.5 Å². The number of rotatable bonds is 6. The van der Waals surface area contributed by atoms with Crippen molar-refractivity contribution in [1.82, 2.24) is 13.7 Å². The van der Waals surface area contributed by atoms with Crippen LogP contribution in [0.4, 0.5) is 0 Å². The van der Waals surface area contributed by atoms with E-state index in [0.29, 0.717) is 13.2 Å². The van der Waals surface area contributed by atoms with Crippen LogP contribution in [0, 0.1) is 6.92 Å². The lowest BCUT2D eigenvalue weighted by atomic mass is 10.4. The van der Waals surface area contributed by atoms with Gasteiger partial charge < -0.3 is 21.5 Å². The minimum absolute atomic E-state index is 0.0940. The largest absolute Gasteiger partial charge is 0.423 e. The van der Waals surface area contributed by atoms with Gasteiger partial charge in [-0.2, -0.15) is 0 Å². The van der Waals surface area contributed by atoms with Crippen molar-refractivity contribution >= 4 is 0 Å². The number of aliphatic hydroxyl groups excluding tert-OH is 1. The van der Waals surface area contributed by atoms with Crippen LogP contribution in [0.25, 0.3) is 0 Å². The number of hydrogen-bond acceptors (Lipinski definition) is 6. The van der Waals surface area contributed by atoms with E-state index < -0.39 is 23.2 Å². The van der Waals surface area contributed by atoms with Crippen molar-refractivity contribution in [2.24, 2.45) is 0 Å². The predicted molar refractivity (Wildman–Crippen MR) is 70.1 cm³/mol. The Kier molecular flexibility index (Phi) is 3.56. The number of aliphatic hydroxyl groups is 1. The fourth-order valence-corrected chi connectivity index (χ4v) is 2.12. The summed E-state index contributed by atoms with van der Waals surface area (Å²) in [5.41, 5.74) is -2.18. The molecule has 2 saturated heterocycles. The maximum Gasteiger partial charge on any atom is 0.336 e. The molecule has 3 atom stereocenters. The zero-order valence-electron chi connectivity index (χ0n) is 11.3. The Morgan fingerprint density at radius 3 is 1.71 bits per heavy atom. The number of ether oxygens (including phenoxy) is 2. The average Bonchev–Trinajstić information content (AvgIpc) is 3.30.